The van der Waals surface area contributed by atoms with Crippen LogP contribution in [0.15, 0.2) is 48.5 Å². The van der Waals surface area contributed by atoms with Gasteiger partial charge in [-0.1, -0.05) is 30.3 Å². The number of hydrogen-bond donors (Lipinski definition) is 3. The summed E-state index contributed by atoms with van der Waals surface area (Å²) in [5.74, 6) is -1.01. The van der Waals surface area contributed by atoms with Crippen LogP contribution in [0.5, 0.6) is 0 Å². The van der Waals surface area contributed by atoms with Gasteiger partial charge in [0.25, 0.3) is 0 Å². The summed E-state index contributed by atoms with van der Waals surface area (Å²) < 4.78 is 0. The van der Waals surface area contributed by atoms with Gasteiger partial charge < -0.3 is 16.2 Å². The zero-order valence-corrected chi connectivity index (χ0v) is 10.5. The molecule has 0 radical (unpaired) electrons. The maximum absolute atomic E-state index is 11.0. The van der Waals surface area contributed by atoms with Crippen LogP contribution in [-0.2, 0) is 6.42 Å². The SMILES string of the molecule is Nc1ccc(NCCc2ccccc2)cc1C(=O)O. The highest BCUT2D eigenvalue weighted by atomic mass is 16.4. The van der Waals surface area contributed by atoms with Crippen molar-refractivity contribution >= 4 is 17.3 Å². The molecule has 4 nitrogen and oxygen atoms in total. The van der Waals surface area contributed by atoms with E-state index in [9.17, 15) is 4.79 Å². The standard InChI is InChI=1S/C15H16N2O2/c16-14-7-6-12(10-13(14)15(18)19)17-9-8-11-4-2-1-3-5-11/h1-7,10,17H,8-9,16H2,(H,18,19). The van der Waals surface area contributed by atoms with Crippen molar-refractivity contribution in [2.75, 3.05) is 17.6 Å². The van der Waals surface area contributed by atoms with Crippen LogP contribution in [0.25, 0.3) is 0 Å². The first-order valence-electron chi connectivity index (χ1n) is 6.07. The second-order valence-electron chi connectivity index (χ2n) is 4.27. The maximum atomic E-state index is 11.0. The normalized spacial score (nSPS) is 10.1. The Bertz CT molecular complexity index is 568. The topological polar surface area (TPSA) is 75.3 Å². The summed E-state index contributed by atoms with van der Waals surface area (Å²) in [5.41, 5.74) is 8.02. The highest BCUT2D eigenvalue weighted by Crippen LogP contribution is 2.17. The molecule has 0 aromatic heterocycles. The molecule has 98 valence electrons. The molecular weight excluding hydrogens is 240 g/mol. The third kappa shape index (κ3) is 3.48. The van der Waals surface area contributed by atoms with E-state index in [2.05, 4.69) is 17.4 Å². The number of hydrogen-bond acceptors (Lipinski definition) is 3. The Morgan fingerprint density at radius 2 is 1.89 bits per heavy atom. The zero-order chi connectivity index (χ0) is 13.7. The van der Waals surface area contributed by atoms with Gasteiger partial charge in [0, 0.05) is 17.9 Å². The molecular formula is C15H16N2O2. The van der Waals surface area contributed by atoms with Crippen LogP contribution in [0, 0.1) is 0 Å². The van der Waals surface area contributed by atoms with Gasteiger partial charge in [0.2, 0.25) is 0 Å². The second-order valence-corrected chi connectivity index (χ2v) is 4.27. The van der Waals surface area contributed by atoms with E-state index in [0.717, 1.165) is 18.7 Å². The average Bonchev–Trinajstić information content (AvgIpc) is 2.41. The predicted molar refractivity (Wildman–Crippen MR) is 76.4 cm³/mol. The fourth-order valence-corrected chi connectivity index (χ4v) is 1.85. The Kier molecular flexibility index (Phi) is 4.03. The minimum absolute atomic E-state index is 0.129. The first kappa shape index (κ1) is 13.0. The molecule has 4 N–H and O–H groups in total. The van der Waals surface area contributed by atoms with Gasteiger partial charge in [-0.15, -0.1) is 0 Å². The highest BCUT2D eigenvalue weighted by molar-refractivity contribution is 5.94. The van der Waals surface area contributed by atoms with Crippen molar-refractivity contribution in [1.29, 1.82) is 0 Å². The van der Waals surface area contributed by atoms with Gasteiger partial charge in [0.15, 0.2) is 0 Å². The number of carbonyl (C=O) groups is 1. The Morgan fingerprint density at radius 3 is 2.58 bits per heavy atom. The Morgan fingerprint density at radius 1 is 1.16 bits per heavy atom. The van der Waals surface area contributed by atoms with E-state index in [4.69, 9.17) is 10.8 Å². The molecule has 0 atom stereocenters. The number of benzene rings is 2. The molecule has 0 saturated heterocycles. The van der Waals surface area contributed by atoms with Gasteiger partial charge in [-0.3, -0.25) is 0 Å². The van der Waals surface area contributed by atoms with Crippen LogP contribution >= 0.6 is 0 Å². The fraction of sp³-hybridized carbons (Fsp3) is 0.133. The van der Waals surface area contributed by atoms with Gasteiger partial charge in [-0.05, 0) is 30.2 Å². The number of nitrogen functional groups attached to an aromatic ring is 1. The highest BCUT2D eigenvalue weighted by Gasteiger charge is 2.08. The third-order valence-corrected chi connectivity index (χ3v) is 2.87. The lowest BCUT2D eigenvalue weighted by molar-refractivity contribution is 0.0698. The van der Waals surface area contributed by atoms with E-state index in [1.54, 1.807) is 18.2 Å². The Balaban J connectivity index is 1.97. The number of nitrogens with two attached hydrogens (primary N) is 1. The molecule has 19 heavy (non-hydrogen) atoms. The summed E-state index contributed by atoms with van der Waals surface area (Å²) in [6, 6.07) is 15.1. The molecule has 0 heterocycles. The monoisotopic (exact) mass is 256 g/mol. The first-order valence-corrected chi connectivity index (χ1v) is 6.07. The van der Waals surface area contributed by atoms with Crippen molar-refractivity contribution in [3.8, 4) is 0 Å². The zero-order valence-electron chi connectivity index (χ0n) is 10.5. The summed E-state index contributed by atoms with van der Waals surface area (Å²) in [6.07, 6.45) is 0.883. The van der Waals surface area contributed by atoms with E-state index in [-0.39, 0.29) is 11.3 Å². The molecule has 0 bridgehead atoms. The first-order chi connectivity index (χ1) is 9.16. The van der Waals surface area contributed by atoms with Gasteiger partial charge in [0.1, 0.15) is 0 Å². The molecule has 2 aromatic rings. The van der Waals surface area contributed by atoms with Crippen LogP contribution in [-0.4, -0.2) is 17.6 Å². The molecule has 0 spiro atoms. The number of rotatable bonds is 5. The quantitative estimate of drug-likeness (QED) is 0.719. The molecule has 0 aliphatic heterocycles. The van der Waals surface area contributed by atoms with Crippen LogP contribution in [0.2, 0.25) is 0 Å². The molecule has 4 heteroatoms. The van der Waals surface area contributed by atoms with E-state index in [1.807, 2.05) is 18.2 Å². The molecule has 2 rings (SSSR count). The van der Waals surface area contributed by atoms with Crippen molar-refractivity contribution < 1.29 is 9.90 Å². The minimum atomic E-state index is -1.01. The minimum Gasteiger partial charge on any atom is -0.478 e. The van der Waals surface area contributed by atoms with Crippen LogP contribution in [0.1, 0.15) is 15.9 Å². The van der Waals surface area contributed by atoms with Crippen LogP contribution in [0.4, 0.5) is 11.4 Å². The Labute approximate surface area is 111 Å². The number of carboxylic acids is 1. The largest absolute Gasteiger partial charge is 0.478 e. The molecule has 0 saturated carbocycles. The molecule has 0 aliphatic rings. The molecule has 0 aliphatic carbocycles. The lowest BCUT2D eigenvalue weighted by Gasteiger charge is -2.08. The van der Waals surface area contributed by atoms with Gasteiger partial charge in [0.05, 0.1) is 5.56 Å². The van der Waals surface area contributed by atoms with E-state index in [0.29, 0.717) is 0 Å². The summed E-state index contributed by atoms with van der Waals surface area (Å²) in [5, 5.41) is 12.2. The molecule has 2 aromatic carbocycles. The lowest BCUT2D eigenvalue weighted by atomic mass is 10.1. The van der Waals surface area contributed by atoms with Crippen molar-refractivity contribution in [3.05, 3.63) is 59.7 Å². The summed E-state index contributed by atoms with van der Waals surface area (Å²) in [6.45, 7) is 0.743. The van der Waals surface area contributed by atoms with Crippen molar-refractivity contribution in [2.24, 2.45) is 0 Å². The number of aromatic carboxylic acids is 1. The van der Waals surface area contributed by atoms with Gasteiger partial charge >= 0.3 is 5.97 Å². The van der Waals surface area contributed by atoms with Crippen LogP contribution in [0.3, 0.4) is 0 Å². The number of carboxylic acid groups (broad SMARTS) is 1. The Hall–Kier alpha value is -2.49. The molecule has 0 unspecified atom stereocenters. The number of anilines is 2. The van der Waals surface area contributed by atoms with Crippen LogP contribution < -0.4 is 11.1 Å². The van der Waals surface area contributed by atoms with Crippen molar-refractivity contribution in [3.63, 3.8) is 0 Å². The third-order valence-electron chi connectivity index (χ3n) is 2.87. The smallest absolute Gasteiger partial charge is 0.337 e. The fourth-order valence-electron chi connectivity index (χ4n) is 1.85. The van der Waals surface area contributed by atoms with Crippen molar-refractivity contribution in [2.45, 2.75) is 6.42 Å². The van der Waals surface area contributed by atoms with E-state index < -0.39 is 5.97 Å². The average molecular weight is 256 g/mol. The molecule has 0 fully saturated rings. The maximum Gasteiger partial charge on any atom is 0.337 e. The lowest BCUT2D eigenvalue weighted by Crippen LogP contribution is -2.07. The second kappa shape index (κ2) is 5.91. The van der Waals surface area contributed by atoms with E-state index in [1.165, 1.54) is 5.56 Å². The summed E-state index contributed by atoms with van der Waals surface area (Å²) in [4.78, 5) is 11.0. The van der Waals surface area contributed by atoms with E-state index >= 15 is 0 Å². The van der Waals surface area contributed by atoms with Gasteiger partial charge in [-0.25, -0.2) is 4.79 Å². The molecule has 0 amide bonds. The van der Waals surface area contributed by atoms with Gasteiger partial charge in [-0.2, -0.15) is 0 Å². The summed E-state index contributed by atoms with van der Waals surface area (Å²) >= 11 is 0. The van der Waals surface area contributed by atoms with Crippen molar-refractivity contribution in [1.82, 2.24) is 0 Å². The predicted octanol–water partition coefficient (Wildman–Crippen LogP) is 2.62. The summed E-state index contributed by atoms with van der Waals surface area (Å²) in [7, 11) is 0. The number of nitrogens with one attached hydrogen (secondary N) is 1.